The number of ether oxygens (including phenoxy) is 1. The van der Waals surface area contributed by atoms with Crippen LogP contribution in [0.5, 0.6) is 0 Å². The normalized spacial score (nSPS) is 25.9. The highest BCUT2D eigenvalue weighted by molar-refractivity contribution is 5.84. The highest BCUT2D eigenvalue weighted by Crippen LogP contribution is 2.35. The zero-order valence-electron chi connectivity index (χ0n) is 17.6. The van der Waals surface area contributed by atoms with Crippen molar-refractivity contribution < 1.29 is 29.6 Å². The molecule has 0 heterocycles. The van der Waals surface area contributed by atoms with Crippen molar-refractivity contribution in [2.75, 3.05) is 7.11 Å². The van der Waals surface area contributed by atoms with E-state index in [4.69, 9.17) is 9.84 Å². The minimum absolute atomic E-state index is 0.0719. The van der Waals surface area contributed by atoms with Gasteiger partial charge in [0.15, 0.2) is 0 Å². The SMILES string of the molecule is CCCCC(C)(OC)C(O)C=C[C@H]1C(O)CC(=O)[C@@H]1CCCCCCC(=O)O. The first-order chi connectivity index (χ1) is 13.2. The van der Waals surface area contributed by atoms with Crippen LogP contribution >= 0.6 is 0 Å². The maximum Gasteiger partial charge on any atom is 0.303 e. The Labute approximate surface area is 169 Å². The van der Waals surface area contributed by atoms with Gasteiger partial charge in [0.2, 0.25) is 0 Å². The number of Topliss-reactive ketones (excluding diaryl/α,β-unsaturated/α-hetero) is 1. The number of hydrogen-bond acceptors (Lipinski definition) is 5. The highest BCUT2D eigenvalue weighted by Gasteiger charge is 2.40. The van der Waals surface area contributed by atoms with E-state index in [1.54, 1.807) is 19.3 Å². The van der Waals surface area contributed by atoms with Crippen LogP contribution in [0.1, 0.15) is 78.1 Å². The van der Waals surface area contributed by atoms with Crippen LogP contribution in [0, 0.1) is 11.8 Å². The van der Waals surface area contributed by atoms with Crippen LogP contribution < -0.4 is 0 Å². The summed E-state index contributed by atoms with van der Waals surface area (Å²) in [6.45, 7) is 3.97. The molecule has 0 spiro atoms. The quantitative estimate of drug-likeness (QED) is 0.306. The summed E-state index contributed by atoms with van der Waals surface area (Å²) in [6.07, 6.45) is 8.87. The summed E-state index contributed by atoms with van der Waals surface area (Å²) in [5.74, 6) is -1.22. The molecule has 162 valence electrons. The highest BCUT2D eigenvalue weighted by atomic mass is 16.5. The average Bonchev–Trinajstić information content (AvgIpc) is 2.92. The second kappa shape index (κ2) is 12.3. The first-order valence-electron chi connectivity index (χ1n) is 10.6. The summed E-state index contributed by atoms with van der Waals surface area (Å²) in [6, 6.07) is 0. The second-order valence-electron chi connectivity index (χ2n) is 8.22. The van der Waals surface area contributed by atoms with Gasteiger partial charge in [0, 0.05) is 31.8 Å². The number of unbranched alkanes of at least 4 members (excludes halogenated alkanes) is 4. The van der Waals surface area contributed by atoms with Gasteiger partial charge >= 0.3 is 5.97 Å². The van der Waals surface area contributed by atoms with E-state index in [1.165, 1.54) is 0 Å². The molecular formula is C22H38O6. The third-order valence-electron chi connectivity index (χ3n) is 6.02. The van der Waals surface area contributed by atoms with Crippen molar-refractivity contribution >= 4 is 11.8 Å². The van der Waals surface area contributed by atoms with Gasteiger partial charge in [-0.3, -0.25) is 9.59 Å². The number of methoxy groups -OCH3 is 1. The molecule has 28 heavy (non-hydrogen) atoms. The van der Waals surface area contributed by atoms with Crippen molar-refractivity contribution in [2.45, 2.75) is 95.9 Å². The van der Waals surface area contributed by atoms with Gasteiger partial charge < -0.3 is 20.1 Å². The minimum atomic E-state index is -0.802. The number of ketones is 1. The Kier molecular flexibility index (Phi) is 10.9. The molecule has 5 atom stereocenters. The summed E-state index contributed by atoms with van der Waals surface area (Å²) in [7, 11) is 1.59. The number of aliphatic hydroxyl groups excluding tert-OH is 2. The van der Waals surface area contributed by atoms with E-state index in [0.29, 0.717) is 12.8 Å². The summed E-state index contributed by atoms with van der Waals surface area (Å²) in [4.78, 5) is 22.8. The van der Waals surface area contributed by atoms with E-state index in [-0.39, 0.29) is 30.5 Å². The van der Waals surface area contributed by atoms with Gasteiger partial charge in [-0.15, -0.1) is 0 Å². The fourth-order valence-electron chi connectivity index (χ4n) is 3.92. The Hall–Kier alpha value is -1.24. The Bertz CT molecular complexity index is 517. The molecular weight excluding hydrogens is 360 g/mol. The monoisotopic (exact) mass is 398 g/mol. The Morgan fingerprint density at radius 2 is 1.96 bits per heavy atom. The molecule has 3 N–H and O–H groups in total. The third kappa shape index (κ3) is 7.64. The number of carbonyl (C=O) groups is 2. The molecule has 1 saturated carbocycles. The number of carbonyl (C=O) groups excluding carboxylic acids is 1. The standard InChI is InChI=1S/C22H38O6/c1-4-5-14-22(2,28-3)20(25)13-12-17-16(18(23)15-19(17)24)10-8-6-7-9-11-21(26)27/h12-13,16-17,19-20,24-25H,4-11,14-15H2,1-3H3,(H,26,27)/t16-,17-,19?,20?,22?/m1/s1. The topological polar surface area (TPSA) is 104 Å². The lowest BCUT2D eigenvalue weighted by molar-refractivity contribution is -0.137. The molecule has 1 rings (SSSR count). The fraction of sp³-hybridized carbons (Fsp3) is 0.818. The van der Waals surface area contributed by atoms with E-state index in [2.05, 4.69) is 6.92 Å². The summed E-state index contributed by atoms with van der Waals surface area (Å²) in [5.41, 5.74) is -0.681. The summed E-state index contributed by atoms with van der Waals surface area (Å²) >= 11 is 0. The van der Waals surface area contributed by atoms with Crippen molar-refractivity contribution in [1.82, 2.24) is 0 Å². The van der Waals surface area contributed by atoms with Crippen molar-refractivity contribution in [3.8, 4) is 0 Å². The van der Waals surface area contributed by atoms with Crippen LogP contribution in [0.15, 0.2) is 12.2 Å². The Morgan fingerprint density at radius 1 is 1.29 bits per heavy atom. The van der Waals surface area contributed by atoms with E-state index in [1.807, 2.05) is 6.92 Å². The van der Waals surface area contributed by atoms with E-state index in [9.17, 15) is 19.8 Å². The molecule has 1 fully saturated rings. The largest absolute Gasteiger partial charge is 0.481 e. The molecule has 0 amide bonds. The van der Waals surface area contributed by atoms with Gasteiger partial charge in [-0.05, 0) is 26.2 Å². The van der Waals surface area contributed by atoms with E-state index < -0.39 is 23.8 Å². The maximum absolute atomic E-state index is 12.3. The lowest BCUT2D eigenvalue weighted by atomic mass is 9.86. The average molecular weight is 399 g/mol. The smallest absolute Gasteiger partial charge is 0.303 e. The molecule has 0 aromatic heterocycles. The van der Waals surface area contributed by atoms with Crippen LogP contribution in [-0.2, 0) is 14.3 Å². The number of carboxylic acid groups (broad SMARTS) is 1. The van der Waals surface area contributed by atoms with Gasteiger partial charge in [-0.1, -0.05) is 51.2 Å². The fourth-order valence-corrected chi connectivity index (χ4v) is 3.92. The molecule has 0 bridgehead atoms. The van der Waals surface area contributed by atoms with E-state index in [0.717, 1.165) is 38.5 Å². The van der Waals surface area contributed by atoms with Gasteiger partial charge in [-0.2, -0.15) is 0 Å². The molecule has 1 aliphatic carbocycles. The van der Waals surface area contributed by atoms with Crippen LogP contribution in [0.3, 0.4) is 0 Å². The van der Waals surface area contributed by atoms with E-state index >= 15 is 0 Å². The lowest BCUT2D eigenvalue weighted by Gasteiger charge is -2.32. The first kappa shape index (κ1) is 24.8. The van der Waals surface area contributed by atoms with Gasteiger partial charge in [0.05, 0.1) is 11.7 Å². The van der Waals surface area contributed by atoms with Crippen molar-refractivity contribution in [2.24, 2.45) is 11.8 Å². The predicted octanol–water partition coefficient (Wildman–Crippen LogP) is 3.49. The molecule has 1 aliphatic rings. The van der Waals surface area contributed by atoms with Crippen LogP contribution in [0.4, 0.5) is 0 Å². The van der Waals surface area contributed by atoms with Crippen molar-refractivity contribution in [1.29, 1.82) is 0 Å². The summed E-state index contributed by atoms with van der Waals surface area (Å²) in [5, 5.41) is 29.5. The van der Waals surface area contributed by atoms with Crippen LogP contribution in [0.25, 0.3) is 0 Å². The van der Waals surface area contributed by atoms with Gasteiger partial charge in [-0.25, -0.2) is 0 Å². The molecule has 6 heteroatoms. The number of hydrogen-bond donors (Lipinski definition) is 3. The zero-order chi connectivity index (χ0) is 21.2. The molecule has 0 aliphatic heterocycles. The van der Waals surface area contributed by atoms with Crippen LogP contribution in [0.2, 0.25) is 0 Å². The number of aliphatic carboxylic acids is 1. The Morgan fingerprint density at radius 3 is 2.57 bits per heavy atom. The third-order valence-corrected chi connectivity index (χ3v) is 6.02. The minimum Gasteiger partial charge on any atom is -0.481 e. The number of aliphatic hydroxyl groups is 2. The van der Waals surface area contributed by atoms with Crippen LogP contribution in [-0.4, -0.2) is 52.0 Å². The van der Waals surface area contributed by atoms with Gasteiger partial charge in [0.1, 0.15) is 11.9 Å². The number of carboxylic acids is 1. The summed E-state index contributed by atoms with van der Waals surface area (Å²) < 4.78 is 5.54. The molecule has 3 unspecified atom stereocenters. The Balaban J connectivity index is 2.61. The molecule has 0 radical (unpaired) electrons. The first-order valence-corrected chi connectivity index (χ1v) is 10.6. The van der Waals surface area contributed by atoms with Crippen molar-refractivity contribution in [3.63, 3.8) is 0 Å². The maximum atomic E-state index is 12.3. The molecule has 0 saturated heterocycles. The zero-order valence-corrected chi connectivity index (χ0v) is 17.6. The molecule has 6 nitrogen and oxygen atoms in total. The van der Waals surface area contributed by atoms with Crippen molar-refractivity contribution in [3.05, 3.63) is 12.2 Å². The number of rotatable bonds is 14. The second-order valence-corrected chi connectivity index (χ2v) is 8.22. The molecule has 0 aromatic carbocycles. The predicted molar refractivity (Wildman–Crippen MR) is 108 cm³/mol. The molecule has 0 aromatic rings. The lowest BCUT2D eigenvalue weighted by Crippen LogP contribution is -2.40. The van der Waals surface area contributed by atoms with Gasteiger partial charge in [0.25, 0.3) is 0 Å².